The number of nitrogens with two attached hydrogens (primary N) is 2. The summed E-state index contributed by atoms with van der Waals surface area (Å²) in [6, 6.07) is 0. The molecule has 7 heteroatoms. The van der Waals surface area contributed by atoms with Crippen molar-refractivity contribution in [2.24, 2.45) is 12.2 Å². The molecule has 4 N–H and O–H groups in total. The van der Waals surface area contributed by atoms with Crippen molar-refractivity contribution in [1.82, 2.24) is 9.55 Å². The first-order valence-corrected chi connectivity index (χ1v) is 4.27. The lowest BCUT2D eigenvalue weighted by Gasteiger charge is -1.98. The minimum Gasteiger partial charge on any atom is -0.381 e. The average Bonchev–Trinajstić information content (AvgIpc) is 2.08. The number of anilines is 1. The van der Waals surface area contributed by atoms with E-state index in [0.29, 0.717) is 0 Å². The first-order valence-electron chi connectivity index (χ1n) is 2.72. The van der Waals surface area contributed by atoms with Gasteiger partial charge in [0, 0.05) is 7.05 Å². The smallest absolute Gasteiger partial charge is 0.257 e. The van der Waals surface area contributed by atoms with Crippen molar-refractivity contribution in [3.05, 3.63) is 6.33 Å². The highest BCUT2D eigenvalue weighted by Crippen LogP contribution is 2.12. The van der Waals surface area contributed by atoms with Crippen LogP contribution in [-0.4, -0.2) is 18.0 Å². The second-order valence-corrected chi connectivity index (χ2v) is 3.57. The molecule has 6 nitrogen and oxygen atoms in total. The molecule has 0 atom stereocenters. The number of aryl methyl sites for hydroxylation is 1. The number of nitrogens with zero attached hydrogens (tertiary/aromatic N) is 2. The second kappa shape index (κ2) is 2.21. The lowest BCUT2D eigenvalue weighted by Crippen LogP contribution is -2.17. The summed E-state index contributed by atoms with van der Waals surface area (Å²) in [5.74, 6) is -0.0741. The Balaban J connectivity index is 3.45. The summed E-state index contributed by atoms with van der Waals surface area (Å²) in [5, 5.41) is 4.68. The van der Waals surface area contributed by atoms with E-state index in [0.717, 1.165) is 0 Å². The Morgan fingerprint density at radius 1 is 1.64 bits per heavy atom. The number of aromatic nitrogens is 2. The van der Waals surface area contributed by atoms with Crippen LogP contribution < -0.4 is 10.9 Å². The number of primary sulfonamides is 1. The average molecular weight is 176 g/mol. The maximum Gasteiger partial charge on any atom is 0.257 e. The highest BCUT2D eigenvalue weighted by molar-refractivity contribution is 7.89. The molecule has 0 saturated carbocycles. The number of hydrogen-bond donors (Lipinski definition) is 2. The molecule has 0 radical (unpaired) electrons. The SMILES string of the molecule is Cn1cnc(N)c1S(N)(=O)=O. The Hall–Kier alpha value is -1.08. The minimum atomic E-state index is -3.75. The lowest BCUT2D eigenvalue weighted by atomic mass is 10.8. The van der Waals surface area contributed by atoms with Crippen LogP contribution in [0.2, 0.25) is 0 Å². The van der Waals surface area contributed by atoms with E-state index in [4.69, 9.17) is 10.9 Å². The van der Waals surface area contributed by atoms with Crippen molar-refractivity contribution in [3.63, 3.8) is 0 Å². The molecule has 62 valence electrons. The van der Waals surface area contributed by atoms with E-state index in [1.54, 1.807) is 0 Å². The zero-order chi connectivity index (χ0) is 8.65. The van der Waals surface area contributed by atoms with Gasteiger partial charge in [0.1, 0.15) is 0 Å². The van der Waals surface area contributed by atoms with Crippen LogP contribution in [-0.2, 0) is 17.1 Å². The fraction of sp³-hybridized carbons (Fsp3) is 0.250. The third-order valence-electron chi connectivity index (χ3n) is 1.18. The van der Waals surface area contributed by atoms with E-state index in [2.05, 4.69) is 4.98 Å². The monoisotopic (exact) mass is 176 g/mol. The zero-order valence-electron chi connectivity index (χ0n) is 5.85. The summed E-state index contributed by atoms with van der Waals surface area (Å²) in [6.07, 6.45) is 1.29. The standard InChI is InChI=1S/C4H8N4O2S/c1-8-2-7-3(5)4(8)11(6,9)10/h2H,5H2,1H3,(H2,6,9,10). The van der Waals surface area contributed by atoms with E-state index in [9.17, 15) is 8.42 Å². The van der Waals surface area contributed by atoms with Gasteiger partial charge in [-0.15, -0.1) is 0 Å². The van der Waals surface area contributed by atoms with Crippen LogP contribution in [0.1, 0.15) is 0 Å². The third-order valence-corrected chi connectivity index (χ3v) is 2.22. The Morgan fingerprint density at radius 2 is 2.18 bits per heavy atom. The molecule has 0 bridgehead atoms. The quantitative estimate of drug-likeness (QED) is 0.552. The molecule has 0 spiro atoms. The maximum absolute atomic E-state index is 10.8. The number of sulfonamides is 1. The molecular weight excluding hydrogens is 168 g/mol. The second-order valence-electron chi connectivity index (χ2n) is 2.09. The molecular formula is C4H8N4O2S. The number of nitrogen functional groups attached to an aromatic ring is 1. The molecule has 11 heavy (non-hydrogen) atoms. The van der Waals surface area contributed by atoms with Gasteiger partial charge < -0.3 is 10.3 Å². The van der Waals surface area contributed by atoms with Crippen LogP contribution in [0.4, 0.5) is 5.82 Å². The molecule has 0 amide bonds. The molecule has 1 heterocycles. The molecule has 0 unspecified atom stereocenters. The number of imidazole rings is 1. The Bertz CT molecular complexity index is 346. The van der Waals surface area contributed by atoms with Gasteiger partial charge in [-0.1, -0.05) is 0 Å². The molecule has 1 aromatic heterocycles. The van der Waals surface area contributed by atoms with Gasteiger partial charge in [0.15, 0.2) is 10.8 Å². The van der Waals surface area contributed by atoms with Gasteiger partial charge in [-0.2, -0.15) is 0 Å². The number of rotatable bonds is 1. The number of hydrogen-bond acceptors (Lipinski definition) is 4. The lowest BCUT2D eigenvalue weighted by molar-refractivity contribution is 0.588. The van der Waals surface area contributed by atoms with Gasteiger partial charge in [0.2, 0.25) is 0 Å². The summed E-state index contributed by atoms with van der Waals surface area (Å²) in [6.45, 7) is 0. The van der Waals surface area contributed by atoms with Gasteiger partial charge in [-0.3, -0.25) is 0 Å². The van der Waals surface area contributed by atoms with Gasteiger partial charge in [-0.25, -0.2) is 18.5 Å². The molecule has 0 aromatic carbocycles. The zero-order valence-corrected chi connectivity index (χ0v) is 6.67. The van der Waals surface area contributed by atoms with Gasteiger partial charge in [-0.05, 0) is 0 Å². The van der Waals surface area contributed by atoms with Gasteiger partial charge >= 0.3 is 0 Å². The Labute approximate surface area is 63.9 Å². The largest absolute Gasteiger partial charge is 0.381 e. The summed E-state index contributed by atoms with van der Waals surface area (Å²) in [4.78, 5) is 3.56. The topological polar surface area (TPSA) is 104 Å². The van der Waals surface area contributed by atoms with E-state index in [-0.39, 0.29) is 10.8 Å². The highest BCUT2D eigenvalue weighted by Gasteiger charge is 2.16. The normalized spacial score (nSPS) is 11.8. The van der Waals surface area contributed by atoms with Crippen molar-refractivity contribution in [2.45, 2.75) is 5.03 Å². The minimum absolute atomic E-state index is 0.0741. The molecule has 0 aliphatic rings. The first kappa shape index (κ1) is 8.02. The Morgan fingerprint density at radius 3 is 2.36 bits per heavy atom. The summed E-state index contributed by atoms with van der Waals surface area (Å²) in [5.41, 5.74) is 5.24. The maximum atomic E-state index is 10.8. The first-order chi connectivity index (χ1) is 4.93. The van der Waals surface area contributed by atoms with Crippen molar-refractivity contribution in [1.29, 1.82) is 0 Å². The molecule has 0 fully saturated rings. The van der Waals surface area contributed by atoms with Gasteiger partial charge in [0.25, 0.3) is 10.0 Å². The van der Waals surface area contributed by atoms with Crippen molar-refractivity contribution in [3.8, 4) is 0 Å². The van der Waals surface area contributed by atoms with Crippen molar-refractivity contribution >= 4 is 15.8 Å². The Kier molecular flexibility index (Phi) is 1.61. The molecule has 1 rings (SSSR count). The predicted molar refractivity (Wildman–Crippen MR) is 39.0 cm³/mol. The van der Waals surface area contributed by atoms with Crippen LogP contribution >= 0.6 is 0 Å². The predicted octanol–water partition coefficient (Wildman–Crippen LogP) is -1.35. The van der Waals surface area contributed by atoms with Gasteiger partial charge in [0.05, 0.1) is 6.33 Å². The van der Waals surface area contributed by atoms with E-state index in [1.807, 2.05) is 0 Å². The van der Waals surface area contributed by atoms with Crippen LogP contribution in [0.15, 0.2) is 11.4 Å². The molecule has 0 aliphatic heterocycles. The van der Waals surface area contributed by atoms with Crippen molar-refractivity contribution < 1.29 is 8.42 Å². The molecule has 0 aliphatic carbocycles. The van der Waals surface area contributed by atoms with E-state index >= 15 is 0 Å². The summed E-state index contributed by atoms with van der Waals surface area (Å²) < 4.78 is 22.8. The summed E-state index contributed by atoms with van der Waals surface area (Å²) >= 11 is 0. The van der Waals surface area contributed by atoms with E-state index in [1.165, 1.54) is 17.9 Å². The third kappa shape index (κ3) is 1.33. The fourth-order valence-corrected chi connectivity index (χ4v) is 1.58. The van der Waals surface area contributed by atoms with E-state index < -0.39 is 10.0 Å². The van der Waals surface area contributed by atoms with Crippen molar-refractivity contribution in [2.75, 3.05) is 5.73 Å². The van der Waals surface area contributed by atoms with Crippen LogP contribution in [0.3, 0.4) is 0 Å². The highest BCUT2D eigenvalue weighted by atomic mass is 32.2. The van der Waals surface area contributed by atoms with Crippen LogP contribution in [0.25, 0.3) is 0 Å². The summed E-state index contributed by atoms with van der Waals surface area (Å²) in [7, 11) is -2.24. The molecule has 1 aromatic rings. The molecule has 0 saturated heterocycles. The van der Waals surface area contributed by atoms with Crippen LogP contribution in [0.5, 0.6) is 0 Å². The fourth-order valence-electron chi connectivity index (χ4n) is 0.784. The van der Waals surface area contributed by atoms with Crippen LogP contribution in [0, 0.1) is 0 Å².